The van der Waals surface area contributed by atoms with Gasteiger partial charge in [-0.1, -0.05) is 32.8 Å². The van der Waals surface area contributed by atoms with E-state index in [-0.39, 0.29) is 5.91 Å². The zero-order valence-electron chi connectivity index (χ0n) is 13.3. The molecule has 0 saturated heterocycles. The lowest BCUT2D eigenvalue weighted by Gasteiger charge is -2.31. The third-order valence-corrected chi connectivity index (χ3v) is 4.07. The second-order valence-corrected chi connectivity index (χ2v) is 6.22. The summed E-state index contributed by atoms with van der Waals surface area (Å²) in [4.78, 5) is 15.0. The van der Waals surface area contributed by atoms with Gasteiger partial charge in [-0.2, -0.15) is 0 Å². The van der Waals surface area contributed by atoms with Crippen molar-refractivity contribution in [2.24, 2.45) is 5.92 Å². The van der Waals surface area contributed by atoms with Crippen molar-refractivity contribution in [2.45, 2.75) is 45.6 Å². The molecule has 1 amide bonds. The van der Waals surface area contributed by atoms with Crippen LogP contribution in [0.4, 0.5) is 5.69 Å². The summed E-state index contributed by atoms with van der Waals surface area (Å²) in [7, 11) is 1.56. The highest BCUT2D eigenvalue weighted by molar-refractivity contribution is 5.98. The number of hydrogen-bond acceptors (Lipinski definition) is 3. The summed E-state index contributed by atoms with van der Waals surface area (Å²) in [6.07, 6.45) is 4.62. The minimum atomic E-state index is 0.0414. The van der Waals surface area contributed by atoms with E-state index in [1.807, 2.05) is 11.0 Å². The van der Waals surface area contributed by atoms with Crippen molar-refractivity contribution in [3.63, 3.8) is 0 Å². The summed E-state index contributed by atoms with van der Waals surface area (Å²) in [6, 6.07) is 5.73. The Morgan fingerprint density at radius 1 is 1.38 bits per heavy atom. The first-order valence-corrected chi connectivity index (χ1v) is 7.78. The van der Waals surface area contributed by atoms with Gasteiger partial charge in [0.1, 0.15) is 0 Å². The topological polar surface area (TPSA) is 55.6 Å². The fraction of sp³-hybridized carbons (Fsp3) is 0.588. The molecule has 1 fully saturated rings. The Balaban J connectivity index is 2.31. The minimum absolute atomic E-state index is 0.0414. The average molecular weight is 290 g/mol. The summed E-state index contributed by atoms with van der Waals surface area (Å²) < 4.78 is 5.34. The zero-order chi connectivity index (χ0) is 15.4. The standard InChI is InChI=1S/C17H26N2O2/c1-12(2)11-19(13-7-4-5-8-13)17(20)14-9-6-10-15(18)16(14)21-3/h6,9-10,12-13H,4-5,7-8,11,18H2,1-3H3. The highest BCUT2D eigenvalue weighted by Crippen LogP contribution is 2.31. The number of nitrogens with two attached hydrogens (primary N) is 1. The summed E-state index contributed by atoms with van der Waals surface area (Å²) in [5.74, 6) is 0.982. The molecule has 0 unspecified atom stereocenters. The molecule has 2 N–H and O–H groups in total. The first-order valence-electron chi connectivity index (χ1n) is 7.78. The van der Waals surface area contributed by atoms with Gasteiger partial charge in [-0.3, -0.25) is 4.79 Å². The average Bonchev–Trinajstić information content (AvgIpc) is 2.97. The van der Waals surface area contributed by atoms with E-state index in [0.717, 1.165) is 19.4 Å². The van der Waals surface area contributed by atoms with E-state index in [9.17, 15) is 4.79 Å². The van der Waals surface area contributed by atoms with Gasteiger partial charge in [-0.25, -0.2) is 0 Å². The second-order valence-electron chi connectivity index (χ2n) is 6.22. The van der Waals surface area contributed by atoms with Crippen LogP contribution in [0, 0.1) is 5.92 Å². The maximum absolute atomic E-state index is 13.0. The van der Waals surface area contributed by atoms with Crippen molar-refractivity contribution in [3.8, 4) is 5.75 Å². The third kappa shape index (κ3) is 3.49. The number of carbonyl (C=O) groups excluding carboxylic acids is 1. The van der Waals surface area contributed by atoms with Gasteiger partial charge in [-0.05, 0) is 30.9 Å². The highest BCUT2D eigenvalue weighted by Gasteiger charge is 2.29. The van der Waals surface area contributed by atoms with Crippen molar-refractivity contribution < 1.29 is 9.53 Å². The van der Waals surface area contributed by atoms with E-state index in [4.69, 9.17) is 10.5 Å². The van der Waals surface area contributed by atoms with Crippen molar-refractivity contribution in [1.29, 1.82) is 0 Å². The molecular weight excluding hydrogens is 264 g/mol. The van der Waals surface area contributed by atoms with Gasteiger partial charge in [0, 0.05) is 12.6 Å². The molecule has 0 spiro atoms. The molecule has 1 aromatic rings. The number of para-hydroxylation sites is 1. The van der Waals surface area contributed by atoms with E-state index in [1.165, 1.54) is 12.8 Å². The normalized spacial score (nSPS) is 15.4. The van der Waals surface area contributed by atoms with Crippen molar-refractivity contribution >= 4 is 11.6 Å². The number of nitrogen functional groups attached to an aromatic ring is 1. The molecule has 4 nitrogen and oxygen atoms in total. The molecule has 1 aromatic carbocycles. The molecule has 2 rings (SSSR count). The fourth-order valence-electron chi connectivity index (χ4n) is 3.11. The smallest absolute Gasteiger partial charge is 0.257 e. The van der Waals surface area contributed by atoms with Crippen LogP contribution < -0.4 is 10.5 Å². The van der Waals surface area contributed by atoms with Crippen LogP contribution in [-0.4, -0.2) is 30.5 Å². The highest BCUT2D eigenvalue weighted by atomic mass is 16.5. The van der Waals surface area contributed by atoms with Gasteiger partial charge in [0.05, 0.1) is 18.4 Å². The monoisotopic (exact) mass is 290 g/mol. The lowest BCUT2D eigenvalue weighted by Crippen LogP contribution is -2.41. The number of nitrogens with zero attached hydrogens (tertiary/aromatic N) is 1. The Kier molecular flexibility index (Phi) is 5.10. The van der Waals surface area contributed by atoms with E-state index in [0.29, 0.717) is 29.0 Å². The number of hydrogen-bond donors (Lipinski definition) is 1. The number of amides is 1. The summed E-state index contributed by atoms with van der Waals surface area (Å²) in [5, 5.41) is 0. The van der Waals surface area contributed by atoms with Gasteiger partial charge in [0.25, 0.3) is 5.91 Å². The SMILES string of the molecule is COc1c(N)cccc1C(=O)N(CC(C)C)C1CCCC1. The van der Waals surface area contributed by atoms with Gasteiger partial charge >= 0.3 is 0 Å². The molecule has 0 atom stereocenters. The van der Waals surface area contributed by atoms with Crippen LogP contribution in [0.25, 0.3) is 0 Å². The second kappa shape index (κ2) is 6.83. The van der Waals surface area contributed by atoms with Crippen LogP contribution in [0.15, 0.2) is 18.2 Å². The molecule has 0 aromatic heterocycles. The number of methoxy groups -OCH3 is 1. The van der Waals surface area contributed by atoms with E-state index in [1.54, 1.807) is 19.2 Å². The van der Waals surface area contributed by atoms with Crippen molar-refractivity contribution in [2.75, 3.05) is 19.4 Å². The number of benzene rings is 1. The molecule has 0 bridgehead atoms. The quantitative estimate of drug-likeness (QED) is 0.846. The van der Waals surface area contributed by atoms with Crippen molar-refractivity contribution in [1.82, 2.24) is 4.90 Å². The van der Waals surface area contributed by atoms with Crippen LogP contribution in [-0.2, 0) is 0 Å². The van der Waals surface area contributed by atoms with Crippen LogP contribution in [0.1, 0.15) is 49.9 Å². The van der Waals surface area contributed by atoms with E-state index >= 15 is 0 Å². The van der Waals surface area contributed by atoms with Gasteiger partial charge in [0.2, 0.25) is 0 Å². The Morgan fingerprint density at radius 3 is 2.62 bits per heavy atom. The minimum Gasteiger partial charge on any atom is -0.494 e. The lowest BCUT2D eigenvalue weighted by molar-refractivity contribution is 0.0652. The third-order valence-electron chi connectivity index (χ3n) is 4.07. The van der Waals surface area contributed by atoms with Crippen LogP contribution in [0.3, 0.4) is 0 Å². The predicted molar refractivity (Wildman–Crippen MR) is 85.5 cm³/mol. The molecule has 4 heteroatoms. The van der Waals surface area contributed by atoms with Crippen molar-refractivity contribution in [3.05, 3.63) is 23.8 Å². The largest absolute Gasteiger partial charge is 0.494 e. The van der Waals surface area contributed by atoms with E-state index < -0.39 is 0 Å². The van der Waals surface area contributed by atoms with E-state index in [2.05, 4.69) is 13.8 Å². The molecule has 0 heterocycles. The number of rotatable bonds is 5. The van der Waals surface area contributed by atoms with Crippen LogP contribution >= 0.6 is 0 Å². The number of ether oxygens (including phenoxy) is 1. The Hall–Kier alpha value is -1.71. The summed E-state index contributed by atoms with van der Waals surface area (Å²) in [5.41, 5.74) is 7.02. The van der Waals surface area contributed by atoms with Gasteiger partial charge in [0.15, 0.2) is 5.75 Å². The summed E-state index contributed by atoms with van der Waals surface area (Å²) in [6.45, 7) is 5.07. The maximum Gasteiger partial charge on any atom is 0.257 e. The van der Waals surface area contributed by atoms with Gasteiger partial charge in [-0.15, -0.1) is 0 Å². The number of carbonyl (C=O) groups is 1. The predicted octanol–water partition coefficient (Wildman–Crippen LogP) is 3.32. The summed E-state index contributed by atoms with van der Waals surface area (Å²) >= 11 is 0. The van der Waals surface area contributed by atoms with Crippen LogP contribution in [0.2, 0.25) is 0 Å². The molecule has 1 aliphatic carbocycles. The Morgan fingerprint density at radius 2 is 2.05 bits per heavy atom. The van der Waals surface area contributed by atoms with Gasteiger partial charge < -0.3 is 15.4 Å². The Bertz CT molecular complexity index is 494. The molecule has 21 heavy (non-hydrogen) atoms. The number of anilines is 1. The molecule has 1 aliphatic rings. The molecular formula is C17H26N2O2. The molecule has 116 valence electrons. The van der Waals surface area contributed by atoms with Crippen LogP contribution in [0.5, 0.6) is 5.75 Å². The first-order chi connectivity index (χ1) is 10.0. The Labute approximate surface area is 127 Å². The molecule has 1 saturated carbocycles. The fourth-order valence-corrected chi connectivity index (χ4v) is 3.11. The zero-order valence-corrected chi connectivity index (χ0v) is 13.3. The maximum atomic E-state index is 13.0. The molecule has 0 radical (unpaired) electrons. The molecule has 0 aliphatic heterocycles. The lowest BCUT2D eigenvalue weighted by atomic mass is 10.1. The first kappa shape index (κ1) is 15.7.